The van der Waals surface area contributed by atoms with Crippen molar-refractivity contribution in [3.05, 3.63) is 65.2 Å². The van der Waals surface area contributed by atoms with Crippen LogP contribution in [0.2, 0.25) is 5.02 Å². The molecule has 0 N–H and O–H groups in total. The summed E-state index contributed by atoms with van der Waals surface area (Å²) in [4.78, 5) is 0.334. The number of piperidine rings is 1. The van der Waals surface area contributed by atoms with Gasteiger partial charge in [-0.05, 0) is 42.7 Å². The Kier molecular flexibility index (Phi) is 5.56. The summed E-state index contributed by atoms with van der Waals surface area (Å²) >= 11 is 5.97. The van der Waals surface area contributed by atoms with E-state index >= 15 is 0 Å². The number of halogens is 1. The number of hydrogen-bond acceptors (Lipinski definition) is 3. The summed E-state index contributed by atoms with van der Waals surface area (Å²) in [6.07, 6.45) is 1.56. The fourth-order valence-electron chi connectivity index (χ4n) is 2.84. The highest BCUT2D eigenvalue weighted by molar-refractivity contribution is 7.89. The van der Waals surface area contributed by atoms with Gasteiger partial charge in [-0.25, -0.2) is 8.42 Å². The van der Waals surface area contributed by atoms with Crippen molar-refractivity contribution in [3.63, 3.8) is 0 Å². The molecule has 1 unspecified atom stereocenters. The van der Waals surface area contributed by atoms with E-state index in [1.807, 2.05) is 30.3 Å². The van der Waals surface area contributed by atoms with Gasteiger partial charge in [-0.3, -0.25) is 0 Å². The first kappa shape index (κ1) is 17.4. The van der Waals surface area contributed by atoms with Crippen LogP contribution in [0.4, 0.5) is 0 Å². The quantitative estimate of drug-likeness (QED) is 0.811. The third kappa shape index (κ3) is 4.16. The molecule has 24 heavy (non-hydrogen) atoms. The Morgan fingerprint density at radius 1 is 1.12 bits per heavy atom. The van der Waals surface area contributed by atoms with Crippen LogP contribution in [0.1, 0.15) is 18.4 Å². The molecule has 1 heterocycles. The summed E-state index contributed by atoms with van der Waals surface area (Å²) in [6.45, 7) is 1.36. The number of nitrogens with zero attached hydrogens (tertiary/aromatic N) is 1. The van der Waals surface area contributed by atoms with Gasteiger partial charge in [0.2, 0.25) is 10.0 Å². The van der Waals surface area contributed by atoms with Gasteiger partial charge >= 0.3 is 0 Å². The Balaban J connectivity index is 1.64. The molecule has 3 rings (SSSR count). The van der Waals surface area contributed by atoms with Gasteiger partial charge in [-0.1, -0.05) is 41.9 Å². The summed E-state index contributed by atoms with van der Waals surface area (Å²) in [7, 11) is -3.45. The molecule has 1 atom stereocenters. The van der Waals surface area contributed by atoms with Crippen LogP contribution in [0.5, 0.6) is 0 Å². The van der Waals surface area contributed by atoms with Crippen molar-refractivity contribution in [2.24, 2.45) is 0 Å². The lowest BCUT2D eigenvalue weighted by molar-refractivity contribution is 0.00811. The van der Waals surface area contributed by atoms with Gasteiger partial charge in [-0.2, -0.15) is 4.31 Å². The van der Waals surface area contributed by atoms with E-state index < -0.39 is 10.0 Å². The van der Waals surface area contributed by atoms with Gasteiger partial charge in [0, 0.05) is 18.1 Å². The first-order valence-corrected chi connectivity index (χ1v) is 9.79. The standard InChI is InChI=1S/C18H20ClNO3S/c19-16-7-4-6-15(12-16)14-23-17-8-5-11-20(13-17)24(21,22)18-9-2-1-3-10-18/h1-4,6-7,9-10,12,17H,5,8,11,13-14H2. The van der Waals surface area contributed by atoms with Crippen LogP contribution in [-0.2, 0) is 21.4 Å². The van der Waals surface area contributed by atoms with Crippen molar-refractivity contribution < 1.29 is 13.2 Å². The van der Waals surface area contributed by atoms with Crippen LogP contribution in [0, 0.1) is 0 Å². The predicted molar refractivity (Wildman–Crippen MR) is 94.5 cm³/mol. The Bertz CT molecular complexity index is 780. The largest absolute Gasteiger partial charge is 0.372 e. The lowest BCUT2D eigenvalue weighted by atomic mass is 10.1. The lowest BCUT2D eigenvalue weighted by Gasteiger charge is -2.31. The molecule has 0 bridgehead atoms. The predicted octanol–water partition coefficient (Wildman–Crippen LogP) is 3.71. The molecule has 4 nitrogen and oxygen atoms in total. The Morgan fingerprint density at radius 3 is 2.67 bits per heavy atom. The summed E-state index contributed by atoms with van der Waals surface area (Å²) in [6, 6.07) is 16.1. The Labute approximate surface area is 148 Å². The molecule has 0 saturated carbocycles. The zero-order valence-corrected chi connectivity index (χ0v) is 14.8. The molecule has 0 aromatic heterocycles. The number of benzene rings is 2. The molecule has 0 radical (unpaired) electrons. The fourth-order valence-corrected chi connectivity index (χ4v) is 4.59. The van der Waals surface area contributed by atoms with E-state index in [0.717, 1.165) is 18.4 Å². The number of sulfonamides is 1. The minimum absolute atomic E-state index is 0.101. The van der Waals surface area contributed by atoms with Gasteiger partial charge in [0.15, 0.2) is 0 Å². The molecule has 6 heteroatoms. The molecule has 0 aliphatic carbocycles. The Hall–Kier alpha value is -1.40. The summed E-state index contributed by atoms with van der Waals surface area (Å²) in [5.41, 5.74) is 0.991. The molecule has 2 aromatic rings. The molecular formula is C18H20ClNO3S. The smallest absolute Gasteiger partial charge is 0.243 e. The normalized spacial score (nSPS) is 19.3. The molecular weight excluding hydrogens is 346 g/mol. The van der Waals surface area contributed by atoms with Crippen LogP contribution in [0.25, 0.3) is 0 Å². The van der Waals surface area contributed by atoms with Gasteiger partial charge in [0.25, 0.3) is 0 Å². The molecule has 1 aliphatic heterocycles. The van der Waals surface area contributed by atoms with Gasteiger partial charge in [-0.15, -0.1) is 0 Å². The zero-order valence-electron chi connectivity index (χ0n) is 13.3. The van der Waals surface area contributed by atoms with Crippen molar-refractivity contribution in [2.75, 3.05) is 13.1 Å². The van der Waals surface area contributed by atoms with Crippen LogP contribution in [-0.4, -0.2) is 31.9 Å². The van der Waals surface area contributed by atoms with Crippen LogP contribution < -0.4 is 0 Å². The first-order valence-electron chi connectivity index (χ1n) is 7.97. The van der Waals surface area contributed by atoms with E-state index in [-0.39, 0.29) is 6.10 Å². The van der Waals surface area contributed by atoms with Crippen LogP contribution in [0.3, 0.4) is 0 Å². The number of rotatable bonds is 5. The van der Waals surface area contributed by atoms with E-state index in [1.54, 1.807) is 24.3 Å². The average molecular weight is 366 g/mol. The van der Waals surface area contributed by atoms with Crippen molar-refractivity contribution >= 4 is 21.6 Å². The third-order valence-corrected chi connectivity index (χ3v) is 6.21. The highest BCUT2D eigenvalue weighted by atomic mass is 35.5. The third-order valence-electron chi connectivity index (χ3n) is 4.10. The van der Waals surface area contributed by atoms with Gasteiger partial charge in [0.1, 0.15) is 0 Å². The van der Waals surface area contributed by atoms with Crippen LogP contribution in [0.15, 0.2) is 59.5 Å². The van der Waals surface area contributed by atoms with E-state index in [1.165, 1.54) is 4.31 Å². The average Bonchev–Trinajstić information content (AvgIpc) is 2.61. The van der Waals surface area contributed by atoms with Crippen molar-refractivity contribution in [3.8, 4) is 0 Å². The second kappa shape index (κ2) is 7.66. The SMILES string of the molecule is O=S(=O)(c1ccccc1)N1CCCC(OCc2cccc(Cl)c2)C1. The molecule has 2 aromatic carbocycles. The molecule has 1 fully saturated rings. The molecule has 0 amide bonds. The summed E-state index contributed by atoms with van der Waals surface area (Å²) < 4.78 is 32.9. The molecule has 1 saturated heterocycles. The van der Waals surface area contributed by atoms with Gasteiger partial charge < -0.3 is 4.74 Å². The highest BCUT2D eigenvalue weighted by Crippen LogP contribution is 2.23. The summed E-state index contributed by atoms with van der Waals surface area (Å²) in [5, 5.41) is 0.674. The maximum atomic E-state index is 12.7. The number of ether oxygens (including phenoxy) is 1. The highest BCUT2D eigenvalue weighted by Gasteiger charge is 2.30. The first-order chi connectivity index (χ1) is 11.6. The minimum atomic E-state index is -3.45. The molecule has 128 valence electrons. The number of hydrogen-bond donors (Lipinski definition) is 0. The van der Waals surface area contributed by atoms with Crippen molar-refractivity contribution in [2.45, 2.75) is 30.4 Å². The van der Waals surface area contributed by atoms with Crippen molar-refractivity contribution in [1.82, 2.24) is 4.31 Å². The van der Waals surface area contributed by atoms with E-state index in [9.17, 15) is 8.42 Å². The fraction of sp³-hybridized carbons (Fsp3) is 0.333. The van der Waals surface area contributed by atoms with Crippen LogP contribution >= 0.6 is 11.6 Å². The minimum Gasteiger partial charge on any atom is -0.372 e. The lowest BCUT2D eigenvalue weighted by Crippen LogP contribution is -2.43. The molecule has 0 spiro atoms. The van der Waals surface area contributed by atoms with E-state index in [4.69, 9.17) is 16.3 Å². The zero-order chi connectivity index (χ0) is 17.0. The van der Waals surface area contributed by atoms with E-state index in [2.05, 4.69) is 0 Å². The second-order valence-corrected chi connectivity index (χ2v) is 8.26. The Morgan fingerprint density at radius 2 is 1.92 bits per heavy atom. The van der Waals surface area contributed by atoms with Crippen molar-refractivity contribution in [1.29, 1.82) is 0 Å². The second-order valence-electron chi connectivity index (χ2n) is 5.88. The topological polar surface area (TPSA) is 46.6 Å². The molecule has 1 aliphatic rings. The van der Waals surface area contributed by atoms with Gasteiger partial charge in [0.05, 0.1) is 17.6 Å². The monoisotopic (exact) mass is 365 g/mol. The maximum Gasteiger partial charge on any atom is 0.243 e. The van der Waals surface area contributed by atoms with E-state index in [0.29, 0.717) is 29.6 Å². The maximum absolute atomic E-state index is 12.7. The summed E-state index contributed by atoms with van der Waals surface area (Å²) in [5.74, 6) is 0.